The number of carbonyl (C=O) groups is 1. The second kappa shape index (κ2) is 11.4. The van der Waals surface area contributed by atoms with Crippen LogP contribution in [0.25, 0.3) is 6.08 Å². The zero-order valence-corrected chi connectivity index (χ0v) is 23.5. The Morgan fingerprint density at radius 1 is 1.14 bits per heavy atom. The Morgan fingerprint density at radius 2 is 1.89 bits per heavy atom. The van der Waals surface area contributed by atoms with E-state index < -0.39 is 12.0 Å². The molecule has 1 atom stereocenters. The van der Waals surface area contributed by atoms with Gasteiger partial charge in [0.2, 0.25) is 0 Å². The Balaban J connectivity index is 2.05. The molecule has 0 aliphatic carbocycles. The molecule has 2 aromatic carbocycles. The average Bonchev–Trinajstić information content (AvgIpc) is 3.18. The predicted molar refractivity (Wildman–Crippen MR) is 148 cm³/mol. The van der Waals surface area contributed by atoms with E-state index in [9.17, 15) is 9.59 Å². The van der Waals surface area contributed by atoms with Crippen LogP contribution in [0.15, 0.2) is 63.5 Å². The van der Waals surface area contributed by atoms with Gasteiger partial charge >= 0.3 is 5.97 Å². The Labute approximate surface area is 226 Å². The molecule has 0 saturated heterocycles. The molecule has 1 aliphatic rings. The van der Waals surface area contributed by atoms with E-state index in [1.54, 1.807) is 43.9 Å². The van der Waals surface area contributed by atoms with Gasteiger partial charge in [-0.15, -0.1) is 0 Å². The maximum atomic E-state index is 13.8. The van der Waals surface area contributed by atoms with Gasteiger partial charge in [0.1, 0.15) is 17.5 Å². The lowest BCUT2D eigenvalue weighted by molar-refractivity contribution is -0.139. The Kier molecular flexibility index (Phi) is 8.30. The van der Waals surface area contributed by atoms with Crippen molar-refractivity contribution in [2.24, 2.45) is 4.99 Å². The van der Waals surface area contributed by atoms with Crippen molar-refractivity contribution in [1.29, 1.82) is 0 Å². The van der Waals surface area contributed by atoms with E-state index in [-0.39, 0.29) is 12.2 Å². The number of thiazole rings is 1. The maximum absolute atomic E-state index is 13.8. The number of hydrogen-bond donors (Lipinski definition) is 0. The number of esters is 1. The number of fused-ring (bicyclic) bond motifs is 1. The molecule has 0 bridgehead atoms. The van der Waals surface area contributed by atoms with Crippen LogP contribution < -0.4 is 24.4 Å². The van der Waals surface area contributed by atoms with Gasteiger partial charge in [0.05, 0.1) is 36.6 Å². The van der Waals surface area contributed by atoms with Crippen molar-refractivity contribution >= 4 is 46.0 Å². The summed E-state index contributed by atoms with van der Waals surface area (Å²) in [6.45, 7) is 3.99. The Bertz CT molecular complexity index is 1490. The highest BCUT2D eigenvalue weighted by Gasteiger charge is 2.36. The summed E-state index contributed by atoms with van der Waals surface area (Å²) in [6, 6.07) is 12.5. The molecular formula is C27H27IN2O5S. The zero-order valence-electron chi connectivity index (χ0n) is 20.5. The van der Waals surface area contributed by atoms with Gasteiger partial charge in [-0.2, -0.15) is 0 Å². The van der Waals surface area contributed by atoms with Gasteiger partial charge in [-0.1, -0.05) is 36.8 Å². The second-order valence-corrected chi connectivity index (χ2v) is 10.3. The number of hydrogen-bond acceptors (Lipinski definition) is 7. The number of allylic oxidation sites excluding steroid dienone is 1. The number of ether oxygens (including phenoxy) is 3. The maximum Gasteiger partial charge on any atom is 0.338 e. The van der Waals surface area contributed by atoms with Crippen LogP contribution in [-0.4, -0.2) is 31.4 Å². The third-order valence-corrected chi connectivity index (χ3v) is 7.49. The molecule has 0 amide bonds. The lowest BCUT2D eigenvalue weighted by atomic mass is 9.93. The van der Waals surface area contributed by atoms with Crippen LogP contribution in [0.1, 0.15) is 43.9 Å². The molecule has 0 fully saturated rings. The summed E-state index contributed by atoms with van der Waals surface area (Å²) in [6.07, 6.45) is 3.20. The standard InChI is InChI=1S/C27H27IN2O5S/c1-5-7-20-23(26(32)35-6-2)24(19-15-18(33-3)12-13-21(19)34-4)30-25(31)22(36-27(30)29-20)14-16-8-10-17(28)11-9-16/h8-15,24H,5-7H2,1-4H3/b22-14-/t24-/m1/s1. The van der Waals surface area contributed by atoms with E-state index in [0.29, 0.717) is 44.1 Å². The first-order valence-electron chi connectivity index (χ1n) is 11.6. The summed E-state index contributed by atoms with van der Waals surface area (Å²) in [5, 5.41) is 0. The molecule has 36 heavy (non-hydrogen) atoms. The summed E-state index contributed by atoms with van der Waals surface area (Å²) in [5.74, 6) is 0.628. The topological polar surface area (TPSA) is 79.1 Å². The molecule has 1 aromatic heterocycles. The molecule has 0 unspecified atom stereocenters. The highest BCUT2D eigenvalue weighted by Crippen LogP contribution is 2.38. The van der Waals surface area contributed by atoms with Crippen LogP contribution in [-0.2, 0) is 9.53 Å². The van der Waals surface area contributed by atoms with Gasteiger partial charge in [0, 0.05) is 9.13 Å². The molecular weight excluding hydrogens is 591 g/mol. The van der Waals surface area contributed by atoms with Crippen molar-refractivity contribution < 1.29 is 19.0 Å². The van der Waals surface area contributed by atoms with Gasteiger partial charge in [-0.3, -0.25) is 9.36 Å². The SMILES string of the molecule is CCCC1=C(C(=O)OCC)[C@@H](c2cc(OC)ccc2OC)n2c(s/c(=C\c3ccc(I)cc3)c2=O)=N1. The smallest absolute Gasteiger partial charge is 0.338 e. The minimum Gasteiger partial charge on any atom is -0.497 e. The molecule has 9 heteroatoms. The number of methoxy groups -OCH3 is 2. The third kappa shape index (κ3) is 5.12. The quantitative estimate of drug-likeness (QED) is 0.280. The Hall–Kier alpha value is -2.92. The second-order valence-electron chi connectivity index (χ2n) is 8.07. The van der Waals surface area contributed by atoms with E-state index in [2.05, 4.69) is 22.6 Å². The first-order chi connectivity index (χ1) is 17.4. The third-order valence-electron chi connectivity index (χ3n) is 5.79. The fourth-order valence-corrected chi connectivity index (χ4v) is 5.56. The number of nitrogens with zero attached hydrogens (tertiary/aromatic N) is 2. The molecule has 188 valence electrons. The summed E-state index contributed by atoms with van der Waals surface area (Å²) in [7, 11) is 3.13. The monoisotopic (exact) mass is 618 g/mol. The lowest BCUT2D eigenvalue weighted by Crippen LogP contribution is -2.40. The van der Waals surface area contributed by atoms with Gasteiger partial charge in [0.25, 0.3) is 5.56 Å². The first kappa shape index (κ1) is 26.2. The molecule has 0 spiro atoms. The van der Waals surface area contributed by atoms with Crippen molar-refractivity contribution in [3.63, 3.8) is 0 Å². The Morgan fingerprint density at radius 3 is 2.53 bits per heavy atom. The average molecular weight is 618 g/mol. The van der Waals surface area contributed by atoms with Crippen LogP contribution in [0, 0.1) is 3.57 Å². The van der Waals surface area contributed by atoms with E-state index in [1.165, 1.54) is 11.3 Å². The molecule has 0 radical (unpaired) electrons. The van der Waals surface area contributed by atoms with E-state index >= 15 is 0 Å². The van der Waals surface area contributed by atoms with Crippen LogP contribution >= 0.6 is 33.9 Å². The van der Waals surface area contributed by atoms with E-state index in [4.69, 9.17) is 19.2 Å². The molecule has 4 rings (SSSR count). The van der Waals surface area contributed by atoms with Crippen molar-refractivity contribution in [2.75, 3.05) is 20.8 Å². The minimum atomic E-state index is -0.772. The fraction of sp³-hybridized carbons (Fsp3) is 0.296. The molecule has 1 aliphatic heterocycles. The normalized spacial score (nSPS) is 15.4. The summed E-state index contributed by atoms with van der Waals surface area (Å²) >= 11 is 3.55. The summed E-state index contributed by atoms with van der Waals surface area (Å²) in [5.41, 5.74) is 2.27. The van der Waals surface area contributed by atoms with Crippen molar-refractivity contribution in [3.05, 3.63) is 88.1 Å². The first-order valence-corrected chi connectivity index (χ1v) is 13.5. The van der Waals surface area contributed by atoms with Gasteiger partial charge < -0.3 is 14.2 Å². The van der Waals surface area contributed by atoms with Crippen LogP contribution in [0.4, 0.5) is 0 Å². The minimum absolute atomic E-state index is 0.209. The number of benzene rings is 2. The summed E-state index contributed by atoms with van der Waals surface area (Å²) < 4.78 is 19.8. The predicted octanol–water partition coefficient (Wildman–Crippen LogP) is 4.20. The van der Waals surface area contributed by atoms with Gasteiger partial charge in [0.15, 0.2) is 4.80 Å². The van der Waals surface area contributed by atoms with Crippen LogP contribution in [0.5, 0.6) is 11.5 Å². The van der Waals surface area contributed by atoms with E-state index in [1.807, 2.05) is 37.3 Å². The van der Waals surface area contributed by atoms with Crippen molar-refractivity contribution in [1.82, 2.24) is 4.57 Å². The largest absolute Gasteiger partial charge is 0.497 e. The van der Waals surface area contributed by atoms with Crippen LogP contribution in [0.3, 0.4) is 0 Å². The number of carbonyl (C=O) groups excluding carboxylic acids is 1. The van der Waals surface area contributed by atoms with Gasteiger partial charge in [-0.25, -0.2) is 9.79 Å². The van der Waals surface area contributed by atoms with Crippen molar-refractivity contribution in [3.8, 4) is 11.5 Å². The van der Waals surface area contributed by atoms with E-state index in [0.717, 1.165) is 15.6 Å². The van der Waals surface area contributed by atoms with Gasteiger partial charge in [-0.05, 0) is 77.9 Å². The fourth-order valence-electron chi connectivity index (χ4n) is 4.18. The number of halogens is 1. The highest BCUT2D eigenvalue weighted by molar-refractivity contribution is 14.1. The number of aromatic nitrogens is 1. The van der Waals surface area contributed by atoms with Crippen molar-refractivity contribution in [2.45, 2.75) is 32.7 Å². The number of rotatable bonds is 8. The molecule has 3 aromatic rings. The lowest BCUT2D eigenvalue weighted by Gasteiger charge is -2.27. The zero-order chi connectivity index (χ0) is 25.8. The van der Waals surface area contributed by atoms with Crippen LogP contribution in [0.2, 0.25) is 0 Å². The molecule has 0 N–H and O–H groups in total. The molecule has 7 nitrogen and oxygen atoms in total. The molecule has 0 saturated carbocycles. The highest BCUT2D eigenvalue weighted by atomic mass is 127. The summed E-state index contributed by atoms with van der Waals surface area (Å²) in [4.78, 5) is 32.5. The molecule has 2 heterocycles.